The predicted molar refractivity (Wildman–Crippen MR) is 102 cm³/mol. The Hall–Kier alpha value is -3.28. The van der Waals surface area contributed by atoms with Crippen molar-refractivity contribution in [1.29, 1.82) is 0 Å². The zero-order valence-corrected chi connectivity index (χ0v) is 15.1. The van der Waals surface area contributed by atoms with Gasteiger partial charge in [-0.25, -0.2) is 4.68 Å². The maximum Gasteiger partial charge on any atom is 0.275 e. The van der Waals surface area contributed by atoms with Gasteiger partial charge >= 0.3 is 0 Å². The van der Waals surface area contributed by atoms with E-state index in [9.17, 15) is 4.79 Å². The Morgan fingerprint density at radius 2 is 1.81 bits per heavy atom. The molecule has 26 heavy (non-hydrogen) atoms. The number of carbonyl (C=O) groups excluding carboxylic acids is 1. The van der Waals surface area contributed by atoms with Gasteiger partial charge in [-0.05, 0) is 29.8 Å². The van der Waals surface area contributed by atoms with Gasteiger partial charge in [0.05, 0.1) is 19.0 Å². The van der Waals surface area contributed by atoms with Crippen LogP contribution in [0.3, 0.4) is 0 Å². The van der Waals surface area contributed by atoms with E-state index in [2.05, 4.69) is 10.4 Å². The molecule has 0 radical (unpaired) electrons. The Labute approximate surface area is 153 Å². The summed E-state index contributed by atoms with van der Waals surface area (Å²) in [5.41, 5.74) is 3.26. The molecule has 0 fully saturated rings. The van der Waals surface area contributed by atoms with Crippen LogP contribution in [0.15, 0.2) is 60.8 Å². The van der Waals surface area contributed by atoms with Crippen LogP contribution in [0.2, 0.25) is 0 Å². The summed E-state index contributed by atoms with van der Waals surface area (Å²) in [6.07, 6.45) is 1.70. The maximum atomic E-state index is 12.5. The molecule has 0 aliphatic rings. The fourth-order valence-corrected chi connectivity index (χ4v) is 2.56. The third kappa shape index (κ3) is 3.85. The Morgan fingerprint density at radius 1 is 1.12 bits per heavy atom. The molecule has 1 heterocycles. The Morgan fingerprint density at radius 3 is 2.42 bits per heavy atom. The molecule has 1 N–H and O–H groups in total. The van der Waals surface area contributed by atoms with Crippen molar-refractivity contribution < 1.29 is 9.53 Å². The number of rotatable bonds is 6. The minimum absolute atomic E-state index is 0.265. The molecule has 1 amide bonds. The van der Waals surface area contributed by atoms with Gasteiger partial charge in [0.15, 0.2) is 11.4 Å². The van der Waals surface area contributed by atoms with Gasteiger partial charge in [0, 0.05) is 26.3 Å². The minimum Gasteiger partial charge on any atom is -0.493 e. The van der Waals surface area contributed by atoms with Crippen LogP contribution >= 0.6 is 0 Å². The quantitative estimate of drug-likeness (QED) is 0.743. The van der Waals surface area contributed by atoms with Crippen LogP contribution in [-0.2, 0) is 6.54 Å². The van der Waals surface area contributed by atoms with Gasteiger partial charge in [0.1, 0.15) is 0 Å². The number of hydrogen-bond acceptors (Lipinski definition) is 4. The highest BCUT2D eigenvalue weighted by molar-refractivity contribution is 5.94. The lowest BCUT2D eigenvalue weighted by Gasteiger charge is -2.12. The van der Waals surface area contributed by atoms with Crippen LogP contribution in [0, 0.1) is 0 Å². The molecule has 0 unspecified atom stereocenters. The summed E-state index contributed by atoms with van der Waals surface area (Å²) >= 11 is 0. The van der Waals surface area contributed by atoms with E-state index in [1.807, 2.05) is 73.6 Å². The van der Waals surface area contributed by atoms with Gasteiger partial charge in [-0.2, -0.15) is 5.10 Å². The zero-order valence-electron chi connectivity index (χ0n) is 15.1. The minimum atomic E-state index is -0.270. The highest BCUT2D eigenvalue weighted by Crippen LogP contribution is 2.19. The van der Waals surface area contributed by atoms with E-state index in [-0.39, 0.29) is 11.6 Å². The first kappa shape index (κ1) is 17.5. The molecule has 6 nitrogen and oxygen atoms in total. The van der Waals surface area contributed by atoms with Crippen molar-refractivity contribution in [2.45, 2.75) is 6.54 Å². The number of aromatic nitrogens is 2. The smallest absolute Gasteiger partial charge is 0.275 e. The molecule has 0 atom stereocenters. The lowest BCUT2D eigenvalue weighted by molar-refractivity contribution is 0.0942. The van der Waals surface area contributed by atoms with Gasteiger partial charge in [-0.3, -0.25) is 4.79 Å². The van der Waals surface area contributed by atoms with E-state index in [4.69, 9.17) is 4.74 Å². The van der Waals surface area contributed by atoms with Crippen LogP contribution in [-0.4, -0.2) is 36.9 Å². The maximum absolute atomic E-state index is 12.5. The highest BCUT2D eigenvalue weighted by Gasteiger charge is 2.18. The summed E-state index contributed by atoms with van der Waals surface area (Å²) < 4.78 is 6.95. The largest absolute Gasteiger partial charge is 0.493 e. The van der Waals surface area contributed by atoms with E-state index in [1.54, 1.807) is 10.9 Å². The zero-order chi connectivity index (χ0) is 18.5. The van der Waals surface area contributed by atoms with E-state index in [1.165, 1.54) is 7.11 Å². The van der Waals surface area contributed by atoms with Gasteiger partial charge in [-0.15, -0.1) is 0 Å². The van der Waals surface area contributed by atoms with Gasteiger partial charge in [-0.1, -0.05) is 30.3 Å². The molecule has 134 valence electrons. The molecule has 3 aromatic rings. The highest BCUT2D eigenvalue weighted by atomic mass is 16.5. The summed E-state index contributed by atoms with van der Waals surface area (Å²) in [6, 6.07) is 17.6. The van der Waals surface area contributed by atoms with Gasteiger partial charge < -0.3 is 15.0 Å². The summed E-state index contributed by atoms with van der Waals surface area (Å²) in [7, 11) is 5.52. The average Bonchev–Trinajstić information content (AvgIpc) is 3.11. The number of amides is 1. The Bertz CT molecular complexity index is 871. The average molecular weight is 350 g/mol. The summed E-state index contributed by atoms with van der Waals surface area (Å²) in [5.74, 6) is 0.169. The van der Waals surface area contributed by atoms with Crippen LogP contribution in [0.4, 0.5) is 5.69 Å². The van der Waals surface area contributed by atoms with Crippen molar-refractivity contribution in [2.75, 3.05) is 26.1 Å². The topological polar surface area (TPSA) is 59.4 Å². The molecular formula is C20H22N4O2. The van der Waals surface area contributed by atoms with Crippen molar-refractivity contribution in [3.05, 3.63) is 72.1 Å². The number of nitrogens with zero attached hydrogens (tertiary/aromatic N) is 3. The molecule has 0 aliphatic carbocycles. The third-order valence-corrected chi connectivity index (χ3v) is 4.04. The second-order valence-electron chi connectivity index (χ2n) is 6.07. The fraction of sp³-hybridized carbons (Fsp3) is 0.200. The van der Waals surface area contributed by atoms with Crippen molar-refractivity contribution in [2.24, 2.45) is 0 Å². The summed E-state index contributed by atoms with van der Waals surface area (Å²) in [5, 5.41) is 7.27. The first-order valence-corrected chi connectivity index (χ1v) is 8.32. The third-order valence-electron chi connectivity index (χ3n) is 4.04. The first-order valence-electron chi connectivity index (χ1n) is 8.32. The van der Waals surface area contributed by atoms with E-state index in [0.717, 1.165) is 16.9 Å². The predicted octanol–water partition coefficient (Wildman–Crippen LogP) is 2.88. The summed E-state index contributed by atoms with van der Waals surface area (Å²) in [6.45, 7) is 0.424. The van der Waals surface area contributed by atoms with Gasteiger partial charge in [0.25, 0.3) is 5.91 Å². The number of ether oxygens (including phenoxy) is 1. The van der Waals surface area contributed by atoms with Crippen LogP contribution < -0.4 is 15.0 Å². The molecule has 6 heteroatoms. The molecule has 0 aliphatic heterocycles. The van der Waals surface area contributed by atoms with Crippen molar-refractivity contribution in [3.63, 3.8) is 0 Å². The second kappa shape index (κ2) is 7.74. The number of hydrogen-bond donors (Lipinski definition) is 1. The number of nitrogens with one attached hydrogen (secondary N) is 1. The Kier molecular flexibility index (Phi) is 5.22. The lowest BCUT2D eigenvalue weighted by atomic mass is 10.2. The molecule has 0 saturated carbocycles. The van der Waals surface area contributed by atoms with Gasteiger partial charge in [0.2, 0.25) is 0 Å². The standard InChI is InChI=1S/C20H22N4O2/c1-23(2)16-11-9-15(10-12-16)13-21-20(25)19-18(26-3)14-24(22-19)17-7-5-4-6-8-17/h4-12,14H,13H2,1-3H3,(H,21,25). The number of anilines is 1. The number of para-hydroxylation sites is 1. The molecule has 0 bridgehead atoms. The van der Waals surface area contributed by atoms with Crippen molar-refractivity contribution >= 4 is 11.6 Å². The molecular weight excluding hydrogens is 328 g/mol. The molecule has 2 aromatic carbocycles. The Balaban J connectivity index is 1.72. The van der Waals surface area contributed by atoms with E-state index in [0.29, 0.717) is 12.3 Å². The second-order valence-corrected chi connectivity index (χ2v) is 6.07. The van der Waals surface area contributed by atoms with Crippen molar-refractivity contribution in [1.82, 2.24) is 15.1 Å². The first-order chi connectivity index (χ1) is 12.6. The van der Waals surface area contributed by atoms with Crippen LogP contribution in [0.5, 0.6) is 5.75 Å². The normalized spacial score (nSPS) is 10.4. The molecule has 1 aromatic heterocycles. The van der Waals surface area contributed by atoms with Crippen LogP contribution in [0.1, 0.15) is 16.1 Å². The molecule has 0 spiro atoms. The summed E-state index contributed by atoms with van der Waals surface area (Å²) in [4.78, 5) is 14.6. The monoisotopic (exact) mass is 350 g/mol. The fourth-order valence-electron chi connectivity index (χ4n) is 2.56. The lowest BCUT2D eigenvalue weighted by Crippen LogP contribution is -2.24. The molecule has 0 saturated heterocycles. The van der Waals surface area contributed by atoms with Crippen molar-refractivity contribution in [3.8, 4) is 11.4 Å². The number of benzene rings is 2. The van der Waals surface area contributed by atoms with E-state index >= 15 is 0 Å². The molecule has 3 rings (SSSR count). The van der Waals surface area contributed by atoms with Crippen LogP contribution in [0.25, 0.3) is 5.69 Å². The van der Waals surface area contributed by atoms with E-state index < -0.39 is 0 Å². The number of methoxy groups -OCH3 is 1. The number of carbonyl (C=O) groups is 1. The SMILES string of the molecule is COc1cn(-c2ccccc2)nc1C(=O)NCc1ccc(N(C)C)cc1.